The third-order valence-corrected chi connectivity index (χ3v) is 4.04. The highest BCUT2D eigenvalue weighted by atomic mass is 16.6. The normalized spacial score (nSPS) is 10.1. The maximum Gasteiger partial charge on any atom is 0.311 e. The van der Waals surface area contributed by atoms with Crippen LogP contribution in [-0.4, -0.2) is 54.9 Å². The van der Waals surface area contributed by atoms with E-state index < -0.39 is 29.3 Å². The number of methoxy groups -OCH3 is 1. The molecule has 0 aliphatic heterocycles. The molecule has 2 aromatic carbocycles. The van der Waals surface area contributed by atoms with E-state index in [9.17, 15) is 24.5 Å². The minimum Gasteiger partial charge on any atom is -0.497 e. The van der Waals surface area contributed by atoms with Crippen LogP contribution in [0.2, 0.25) is 0 Å². The summed E-state index contributed by atoms with van der Waals surface area (Å²) in [6, 6.07) is 12.5. The van der Waals surface area contributed by atoms with Crippen LogP contribution in [0.5, 0.6) is 5.75 Å². The van der Waals surface area contributed by atoms with Crippen LogP contribution >= 0.6 is 0 Å². The van der Waals surface area contributed by atoms with Gasteiger partial charge in [-0.25, -0.2) is 0 Å². The van der Waals surface area contributed by atoms with Gasteiger partial charge in [0.2, 0.25) is 5.91 Å². The number of benzene rings is 2. The summed E-state index contributed by atoms with van der Waals surface area (Å²) in [6.07, 6.45) is -0.343. The van der Waals surface area contributed by atoms with Gasteiger partial charge in [0.05, 0.1) is 25.0 Å². The van der Waals surface area contributed by atoms with E-state index in [0.29, 0.717) is 11.4 Å². The number of esters is 1. The number of hydrogen-bond donors (Lipinski definition) is 1. The van der Waals surface area contributed by atoms with Gasteiger partial charge in [-0.1, -0.05) is 24.3 Å². The zero-order valence-corrected chi connectivity index (χ0v) is 16.5. The van der Waals surface area contributed by atoms with Gasteiger partial charge in [-0.05, 0) is 12.1 Å². The monoisotopic (exact) mass is 415 g/mol. The summed E-state index contributed by atoms with van der Waals surface area (Å²) in [4.78, 5) is 47.6. The third-order valence-electron chi connectivity index (χ3n) is 4.04. The second-order valence-corrected chi connectivity index (χ2v) is 6.25. The molecule has 0 aliphatic rings. The molecule has 0 aliphatic carbocycles. The molecular weight excluding hydrogens is 394 g/mol. The zero-order valence-electron chi connectivity index (χ0n) is 16.5. The maximum atomic E-state index is 12.1. The highest BCUT2D eigenvalue weighted by Gasteiger charge is 2.19. The minimum atomic E-state index is -0.785. The Balaban J connectivity index is 1.82. The Kier molecular flexibility index (Phi) is 7.86. The van der Waals surface area contributed by atoms with Crippen LogP contribution in [0.4, 0.5) is 11.4 Å². The number of carbonyl (C=O) groups excluding carboxylic acids is 3. The van der Waals surface area contributed by atoms with E-state index in [1.807, 2.05) is 0 Å². The Morgan fingerprint density at radius 2 is 1.87 bits per heavy atom. The molecule has 2 aromatic rings. The van der Waals surface area contributed by atoms with E-state index in [4.69, 9.17) is 9.47 Å². The first-order valence-electron chi connectivity index (χ1n) is 8.86. The number of ether oxygens (including phenoxy) is 2. The average Bonchev–Trinajstić information content (AvgIpc) is 2.72. The van der Waals surface area contributed by atoms with Gasteiger partial charge in [-0.15, -0.1) is 0 Å². The van der Waals surface area contributed by atoms with Crippen molar-refractivity contribution in [3.05, 3.63) is 64.2 Å². The molecule has 0 fully saturated rings. The summed E-state index contributed by atoms with van der Waals surface area (Å²) in [5.41, 5.74) is 0.495. The number of carbonyl (C=O) groups is 3. The Hall–Kier alpha value is -3.95. The number of hydrogen-bond acceptors (Lipinski definition) is 7. The lowest BCUT2D eigenvalue weighted by Crippen LogP contribution is -2.37. The Morgan fingerprint density at radius 1 is 1.13 bits per heavy atom. The summed E-state index contributed by atoms with van der Waals surface area (Å²) >= 11 is 0. The summed E-state index contributed by atoms with van der Waals surface area (Å²) in [5.74, 6) is -1.24. The quantitative estimate of drug-likeness (QED) is 0.376. The van der Waals surface area contributed by atoms with Crippen molar-refractivity contribution in [1.82, 2.24) is 4.90 Å². The fraction of sp³-hybridized carbons (Fsp3) is 0.250. The van der Waals surface area contributed by atoms with Gasteiger partial charge < -0.3 is 19.7 Å². The van der Waals surface area contributed by atoms with E-state index in [1.54, 1.807) is 30.3 Å². The van der Waals surface area contributed by atoms with Gasteiger partial charge in [0, 0.05) is 30.4 Å². The highest BCUT2D eigenvalue weighted by Crippen LogP contribution is 2.18. The number of likely N-dealkylation sites (N-methyl/N-ethyl adjacent to an activating group) is 1. The van der Waals surface area contributed by atoms with Gasteiger partial charge in [0.25, 0.3) is 11.6 Å². The van der Waals surface area contributed by atoms with Crippen LogP contribution in [0.1, 0.15) is 5.56 Å². The molecule has 0 atom stereocenters. The van der Waals surface area contributed by atoms with Crippen molar-refractivity contribution < 1.29 is 28.8 Å². The topological polar surface area (TPSA) is 128 Å². The molecule has 0 aromatic heterocycles. The van der Waals surface area contributed by atoms with E-state index in [1.165, 1.54) is 32.4 Å². The van der Waals surface area contributed by atoms with Crippen LogP contribution in [0, 0.1) is 10.1 Å². The van der Waals surface area contributed by atoms with E-state index in [-0.39, 0.29) is 24.2 Å². The van der Waals surface area contributed by atoms with Crippen molar-refractivity contribution in [1.29, 1.82) is 0 Å². The fourth-order valence-corrected chi connectivity index (χ4v) is 2.50. The smallest absolute Gasteiger partial charge is 0.311 e. The molecule has 0 spiro atoms. The molecule has 0 saturated heterocycles. The molecule has 0 radical (unpaired) electrons. The van der Waals surface area contributed by atoms with Crippen molar-refractivity contribution >= 4 is 29.2 Å². The van der Waals surface area contributed by atoms with Crippen molar-refractivity contribution in [3.63, 3.8) is 0 Å². The number of nitrogens with one attached hydrogen (secondary N) is 1. The number of nitro groups is 1. The van der Waals surface area contributed by atoms with Crippen molar-refractivity contribution in [2.24, 2.45) is 0 Å². The molecule has 10 nitrogen and oxygen atoms in total. The Labute approximate surface area is 172 Å². The number of nitro benzene ring substituents is 1. The molecular formula is C20H21N3O7. The zero-order chi connectivity index (χ0) is 22.1. The maximum absolute atomic E-state index is 12.1. The van der Waals surface area contributed by atoms with Crippen molar-refractivity contribution in [2.45, 2.75) is 6.42 Å². The highest BCUT2D eigenvalue weighted by molar-refractivity contribution is 5.95. The SMILES string of the molecule is COc1cccc(NC(=O)CN(C)C(=O)COC(=O)Cc2ccccc2[N+](=O)[O-])c1. The molecule has 1 N–H and O–H groups in total. The van der Waals surface area contributed by atoms with Crippen molar-refractivity contribution in [3.8, 4) is 5.75 Å². The van der Waals surface area contributed by atoms with Crippen LogP contribution in [0.3, 0.4) is 0 Å². The fourth-order valence-electron chi connectivity index (χ4n) is 2.50. The lowest BCUT2D eigenvalue weighted by molar-refractivity contribution is -0.385. The molecule has 0 heterocycles. The van der Waals surface area contributed by atoms with Gasteiger partial charge in [0.1, 0.15) is 5.75 Å². The molecule has 2 rings (SSSR count). The summed E-state index contributed by atoms with van der Waals surface area (Å²) in [6.45, 7) is -0.833. The van der Waals surface area contributed by atoms with E-state index >= 15 is 0 Å². The number of anilines is 1. The first-order chi connectivity index (χ1) is 14.3. The third kappa shape index (κ3) is 6.59. The van der Waals surface area contributed by atoms with Crippen LogP contribution in [-0.2, 0) is 25.5 Å². The lowest BCUT2D eigenvalue weighted by Gasteiger charge is -2.17. The predicted molar refractivity (Wildman–Crippen MR) is 107 cm³/mol. The predicted octanol–water partition coefficient (Wildman–Crippen LogP) is 1.79. The number of nitrogens with zero attached hydrogens (tertiary/aromatic N) is 2. The van der Waals surface area contributed by atoms with Crippen molar-refractivity contribution in [2.75, 3.05) is 32.6 Å². The van der Waals surface area contributed by atoms with Crippen LogP contribution < -0.4 is 10.1 Å². The standard InChI is InChI=1S/C20H21N3O7/c1-22(12-18(24)21-15-7-5-8-16(11-15)29-2)19(25)13-30-20(26)10-14-6-3-4-9-17(14)23(27)28/h3-9,11H,10,12-13H2,1-2H3,(H,21,24). The Bertz CT molecular complexity index is 946. The van der Waals surface area contributed by atoms with Crippen LogP contribution in [0.15, 0.2) is 48.5 Å². The van der Waals surface area contributed by atoms with Crippen LogP contribution in [0.25, 0.3) is 0 Å². The number of para-hydroxylation sites is 1. The second-order valence-electron chi connectivity index (χ2n) is 6.25. The van der Waals surface area contributed by atoms with E-state index in [2.05, 4.69) is 5.32 Å². The van der Waals surface area contributed by atoms with Gasteiger partial charge in [-0.3, -0.25) is 24.5 Å². The molecule has 10 heteroatoms. The average molecular weight is 415 g/mol. The molecule has 0 unspecified atom stereocenters. The van der Waals surface area contributed by atoms with E-state index in [0.717, 1.165) is 4.90 Å². The number of amides is 2. The van der Waals surface area contributed by atoms with Gasteiger partial charge in [0.15, 0.2) is 6.61 Å². The molecule has 30 heavy (non-hydrogen) atoms. The Morgan fingerprint density at radius 3 is 2.57 bits per heavy atom. The molecule has 158 valence electrons. The molecule has 2 amide bonds. The second kappa shape index (κ2) is 10.6. The summed E-state index contributed by atoms with van der Waals surface area (Å²) < 4.78 is 9.96. The van der Waals surface area contributed by atoms with Gasteiger partial charge >= 0.3 is 5.97 Å². The van der Waals surface area contributed by atoms with Gasteiger partial charge in [-0.2, -0.15) is 0 Å². The molecule has 0 saturated carbocycles. The molecule has 0 bridgehead atoms. The summed E-state index contributed by atoms with van der Waals surface area (Å²) in [7, 11) is 2.90. The lowest BCUT2D eigenvalue weighted by atomic mass is 10.1. The summed E-state index contributed by atoms with van der Waals surface area (Å²) in [5, 5.41) is 13.6. The number of rotatable bonds is 9. The first-order valence-corrected chi connectivity index (χ1v) is 8.86. The largest absolute Gasteiger partial charge is 0.497 e. The first kappa shape index (κ1) is 22.3. The minimum absolute atomic E-state index is 0.186.